The molecule has 136 valence electrons. The van der Waals surface area contributed by atoms with Crippen LogP contribution in [0.3, 0.4) is 0 Å². The minimum Gasteiger partial charge on any atom is -0.494 e. The van der Waals surface area contributed by atoms with E-state index in [2.05, 4.69) is 5.32 Å². The highest BCUT2D eigenvalue weighted by Crippen LogP contribution is 2.35. The van der Waals surface area contributed by atoms with Gasteiger partial charge in [-0.3, -0.25) is 19.7 Å². The van der Waals surface area contributed by atoms with Gasteiger partial charge in [-0.25, -0.2) is 0 Å². The molecule has 0 radical (unpaired) electrons. The van der Waals surface area contributed by atoms with Gasteiger partial charge in [0.25, 0.3) is 5.69 Å². The molecule has 2 heterocycles. The lowest BCUT2D eigenvalue weighted by Gasteiger charge is -2.19. The van der Waals surface area contributed by atoms with Crippen LogP contribution in [0.15, 0.2) is 41.0 Å². The van der Waals surface area contributed by atoms with Gasteiger partial charge in [0.1, 0.15) is 11.5 Å². The Morgan fingerprint density at radius 1 is 1.46 bits per heavy atom. The highest BCUT2D eigenvalue weighted by molar-refractivity contribution is 6.01. The lowest BCUT2D eigenvalue weighted by molar-refractivity contribution is -0.384. The monoisotopic (exact) mass is 359 g/mol. The van der Waals surface area contributed by atoms with Gasteiger partial charge in [-0.05, 0) is 18.2 Å². The Morgan fingerprint density at radius 3 is 2.92 bits per heavy atom. The lowest BCUT2D eigenvalue weighted by atomic mass is 10.1. The van der Waals surface area contributed by atoms with E-state index in [4.69, 9.17) is 9.15 Å². The Labute approximate surface area is 148 Å². The molecule has 9 nitrogen and oxygen atoms in total. The molecule has 2 amide bonds. The molecular formula is C17H17N3O6. The number of furan rings is 1. The summed E-state index contributed by atoms with van der Waals surface area (Å²) in [5.41, 5.74) is 0.273. The molecule has 1 saturated heterocycles. The number of nitrogens with one attached hydrogen (secondary N) is 1. The van der Waals surface area contributed by atoms with Crippen LogP contribution < -0.4 is 15.0 Å². The zero-order chi connectivity index (χ0) is 18.7. The third kappa shape index (κ3) is 3.51. The van der Waals surface area contributed by atoms with Crippen molar-refractivity contribution < 1.29 is 23.7 Å². The van der Waals surface area contributed by atoms with Gasteiger partial charge >= 0.3 is 0 Å². The standard InChI is InChI=1S/C17H17N3O6/c1-25-15-8-12(20(23)24)4-5-14(15)19-10-11(7-16(19)21)17(22)18-9-13-3-2-6-26-13/h2-6,8,11H,7,9-10H2,1H3,(H,18,22)/t11-/m0/s1. The summed E-state index contributed by atoms with van der Waals surface area (Å²) in [6, 6.07) is 7.48. The van der Waals surface area contributed by atoms with Crippen molar-refractivity contribution in [1.82, 2.24) is 5.32 Å². The van der Waals surface area contributed by atoms with Crippen LogP contribution in [0.5, 0.6) is 5.75 Å². The fourth-order valence-corrected chi connectivity index (χ4v) is 2.85. The summed E-state index contributed by atoms with van der Waals surface area (Å²) in [5.74, 6) is -0.174. The average Bonchev–Trinajstić information content (AvgIpc) is 3.28. The number of carbonyl (C=O) groups is 2. The number of amides is 2. The number of hydrogen-bond donors (Lipinski definition) is 1. The fraction of sp³-hybridized carbons (Fsp3) is 0.294. The minimum atomic E-state index is -0.539. The predicted molar refractivity (Wildman–Crippen MR) is 90.7 cm³/mol. The molecule has 1 aromatic heterocycles. The number of nitro groups is 1. The maximum Gasteiger partial charge on any atom is 0.273 e. The largest absolute Gasteiger partial charge is 0.494 e. The summed E-state index contributed by atoms with van der Waals surface area (Å²) < 4.78 is 10.3. The van der Waals surface area contributed by atoms with E-state index in [0.29, 0.717) is 11.4 Å². The minimum absolute atomic E-state index is 0.0597. The topological polar surface area (TPSA) is 115 Å². The molecule has 3 rings (SSSR count). The number of benzene rings is 1. The quantitative estimate of drug-likeness (QED) is 0.622. The van der Waals surface area contributed by atoms with Gasteiger partial charge in [-0.2, -0.15) is 0 Å². The Hall–Kier alpha value is -3.36. The number of non-ortho nitro benzene ring substituents is 1. The normalized spacial score (nSPS) is 16.6. The molecule has 1 N–H and O–H groups in total. The first kappa shape index (κ1) is 17.5. The number of methoxy groups -OCH3 is 1. The lowest BCUT2D eigenvalue weighted by Crippen LogP contribution is -2.32. The van der Waals surface area contributed by atoms with E-state index in [-0.39, 0.29) is 42.8 Å². The number of nitro benzene ring substituents is 1. The van der Waals surface area contributed by atoms with E-state index in [0.717, 1.165) is 0 Å². The van der Waals surface area contributed by atoms with Crippen molar-refractivity contribution in [2.45, 2.75) is 13.0 Å². The van der Waals surface area contributed by atoms with E-state index < -0.39 is 10.8 Å². The Kier molecular flexibility index (Phi) is 4.87. The molecule has 1 aliphatic heterocycles. The van der Waals surface area contributed by atoms with Crippen LogP contribution in [0, 0.1) is 16.0 Å². The van der Waals surface area contributed by atoms with E-state index in [1.807, 2.05) is 0 Å². The van der Waals surface area contributed by atoms with E-state index in [1.165, 1.54) is 36.5 Å². The summed E-state index contributed by atoms with van der Waals surface area (Å²) in [7, 11) is 1.37. The summed E-state index contributed by atoms with van der Waals surface area (Å²) in [5, 5.41) is 13.6. The molecule has 0 unspecified atom stereocenters. The van der Waals surface area contributed by atoms with Gasteiger partial charge < -0.3 is 19.4 Å². The Bertz CT molecular complexity index is 833. The average molecular weight is 359 g/mol. The SMILES string of the molecule is COc1cc([N+](=O)[O-])ccc1N1C[C@@H](C(=O)NCc2ccco2)CC1=O. The van der Waals surface area contributed by atoms with Crippen molar-refractivity contribution in [3.8, 4) is 5.75 Å². The number of carbonyl (C=O) groups excluding carboxylic acids is 2. The molecule has 1 atom stereocenters. The van der Waals surface area contributed by atoms with Gasteiger partial charge in [0.2, 0.25) is 11.8 Å². The van der Waals surface area contributed by atoms with Crippen molar-refractivity contribution in [3.63, 3.8) is 0 Å². The highest BCUT2D eigenvalue weighted by atomic mass is 16.6. The second-order valence-corrected chi connectivity index (χ2v) is 5.82. The first-order valence-corrected chi connectivity index (χ1v) is 7.92. The van der Waals surface area contributed by atoms with E-state index >= 15 is 0 Å². The third-order valence-corrected chi connectivity index (χ3v) is 4.18. The third-order valence-electron chi connectivity index (χ3n) is 4.18. The second kappa shape index (κ2) is 7.26. The number of rotatable bonds is 6. The Morgan fingerprint density at radius 2 is 2.27 bits per heavy atom. The van der Waals surface area contributed by atoms with E-state index in [1.54, 1.807) is 12.1 Å². The maximum absolute atomic E-state index is 12.3. The van der Waals surface area contributed by atoms with Crippen LogP contribution in [0.1, 0.15) is 12.2 Å². The fourth-order valence-electron chi connectivity index (χ4n) is 2.85. The molecule has 1 fully saturated rings. The number of nitrogens with zero attached hydrogens (tertiary/aromatic N) is 2. The van der Waals surface area contributed by atoms with Crippen LogP contribution in [-0.2, 0) is 16.1 Å². The molecule has 0 aliphatic carbocycles. The summed E-state index contributed by atoms with van der Waals surface area (Å²) in [6.45, 7) is 0.425. The molecular weight excluding hydrogens is 342 g/mol. The van der Waals surface area contributed by atoms with Crippen LogP contribution in [-0.4, -0.2) is 30.4 Å². The predicted octanol–water partition coefficient (Wildman–Crippen LogP) is 1.87. The molecule has 1 aromatic carbocycles. The molecule has 9 heteroatoms. The molecule has 2 aromatic rings. The van der Waals surface area contributed by atoms with Crippen molar-refractivity contribution in [2.24, 2.45) is 5.92 Å². The van der Waals surface area contributed by atoms with Crippen LogP contribution in [0.25, 0.3) is 0 Å². The Balaban J connectivity index is 1.71. The van der Waals surface area contributed by atoms with Gasteiger partial charge in [-0.15, -0.1) is 0 Å². The first-order chi connectivity index (χ1) is 12.5. The zero-order valence-electron chi connectivity index (χ0n) is 14.0. The van der Waals surface area contributed by atoms with Crippen LogP contribution >= 0.6 is 0 Å². The maximum atomic E-state index is 12.3. The first-order valence-electron chi connectivity index (χ1n) is 7.92. The number of anilines is 1. The summed E-state index contributed by atoms with van der Waals surface area (Å²) in [6.07, 6.45) is 1.58. The van der Waals surface area contributed by atoms with Crippen molar-refractivity contribution in [2.75, 3.05) is 18.6 Å². The number of hydrogen-bond acceptors (Lipinski definition) is 6. The van der Waals surface area contributed by atoms with Gasteiger partial charge in [-0.1, -0.05) is 0 Å². The number of ether oxygens (including phenoxy) is 1. The van der Waals surface area contributed by atoms with Gasteiger partial charge in [0.05, 0.1) is 42.5 Å². The molecule has 26 heavy (non-hydrogen) atoms. The van der Waals surface area contributed by atoms with Crippen molar-refractivity contribution in [1.29, 1.82) is 0 Å². The highest BCUT2D eigenvalue weighted by Gasteiger charge is 2.36. The molecule has 0 spiro atoms. The molecule has 0 bridgehead atoms. The van der Waals surface area contributed by atoms with Crippen molar-refractivity contribution >= 4 is 23.2 Å². The van der Waals surface area contributed by atoms with Crippen LogP contribution in [0.4, 0.5) is 11.4 Å². The zero-order valence-corrected chi connectivity index (χ0v) is 14.0. The van der Waals surface area contributed by atoms with Gasteiger partial charge in [0.15, 0.2) is 0 Å². The smallest absolute Gasteiger partial charge is 0.273 e. The molecule has 0 saturated carbocycles. The van der Waals surface area contributed by atoms with E-state index in [9.17, 15) is 19.7 Å². The van der Waals surface area contributed by atoms with Crippen LogP contribution in [0.2, 0.25) is 0 Å². The van der Waals surface area contributed by atoms with Crippen molar-refractivity contribution in [3.05, 3.63) is 52.5 Å². The summed E-state index contributed by atoms with van der Waals surface area (Å²) in [4.78, 5) is 36.4. The van der Waals surface area contributed by atoms with Gasteiger partial charge in [0, 0.05) is 19.0 Å². The molecule has 1 aliphatic rings. The summed E-state index contributed by atoms with van der Waals surface area (Å²) >= 11 is 0. The second-order valence-electron chi connectivity index (χ2n) is 5.82.